The van der Waals surface area contributed by atoms with E-state index in [0.29, 0.717) is 23.9 Å². The number of nitrogens with one attached hydrogen (secondary N) is 2. The molecule has 0 unspecified atom stereocenters. The fourth-order valence-electron chi connectivity index (χ4n) is 2.13. The highest BCUT2D eigenvalue weighted by Gasteiger charge is 2.14. The Labute approximate surface area is 134 Å². The van der Waals surface area contributed by atoms with E-state index in [0.717, 1.165) is 24.3 Å². The number of aromatic nitrogens is 2. The van der Waals surface area contributed by atoms with E-state index in [-0.39, 0.29) is 12.7 Å². The van der Waals surface area contributed by atoms with Gasteiger partial charge >= 0.3 is 0 Å². The summed E-state index contributed by atoms with van der Waals surface area (Å²) in [6.07, 6.45) is 2.53. The minimum Gasteiger partial charge on any atom is -0.454 e. The van der Waals surface area contributed by atoms with Crippen LogP contribution in [0.2, 0.25) is 0 Å². The number of anilines is 1. The molecule has 0 fully saturated rings. The maximum Gasteiger partial charge on any atom is 0.270 e. The van der Waals surface area contributed by atoms with Crippen molar-refractivity contribution in [3.8, 4) is 11.5 Å². The average molecular weight is 314 g/mol. The minimum absolute atomic E-state index is 0.236. The van der Waals surface area contributed by atoms with Gasteiger partial charge in [-0.2, -0.15) is 0 Å². The van der Waals surface area contributed by atoms with E-state index in [1.807, 2.05) is 18.2 Å². The molecule has 2 aromatic rings. The molecule has 1 amide bonds. The maximum atomic E-state index is 12.2. The van der Waals surface area contributed by atoms with E-state index in [1.54, 1.807) is 12.3 Å². The van der Waals surface area contributed by atoms with Crippen molar-refractivity contribution in [3.05, 3.63) is 41.7 Å². The maximum absolute atomic E-state index is 12.2. The monoisotopic (exact) mass is 314 g/mol. The summed E-state index contributed by atoms with van der Waals surface area (Å²) in [6, 6.07) is 7.17. The van der Waals surface area contributed by atoms with Crippen molar-refractivity contribution in [2.75, 3.05) is 18.7 Å². The van der Waals surface area contributed by atoms with Gasteiger partial charge in [0.05, 0.1) is 0 Å². The van der Waals surface area contributed by atoms with Gasteiger partial charge in [0.1, 0.15) is 5.69 Å². The molecular formula is C16H18N4O3. The van der Waals surface area contributed by atoms with Crippen molar-refractivity contribution in [2.45, 2.75) is 19.9 Å². The molecule has 7 heteroatoms. The lowest BCUT2D eigenvalue weighted by atomic mass is 10.2. The lowest BCUT2D eigenvalue weighted by molar-refractivity contribution is 0.0946. The van der Waals surface area contributed by atoms with Crippen LogP contribution in [0.4, 0.5) is 5.95 Å². The molecule has 1 aromatic carbocycles. The number of amides is 1. The third-order valence-electron chi connectivity index (χ3n) is 3.31. The van der Waals surface area contributed by atoms with Crippen LogP contribution in [0, 0.1) is 0 Å². The Morgan fingerprint density at radius 2 is 2.13 bits per heavy atom. The molecule has 120 valence electrons. The zero-order chi connectivity index (χ0) is 16.1. The SMILES string of the molecule is CCCNc1nccc(C(=O)NCc2ccc3c(c2)OCO3)n1. The van der Waals surface area contributed by atoms with E-state index in [1.165, 1.54) is 0 Å². The zero-order valence-corrected chi connectivity index (χ0v) is 12.8. The van der Waals surface area contributed by atoms with Crippen molar-refractivity contribution < 1.29 is 14.3 Å². The highest BCUT2D eigenvalue weighted by Crippen LogP contribution is 2.32. The van der Waals surface area contributed by atoms with Gasteiger partial charge in [-0.05, 0) is 30.2 Å². The van der Waals surface area contributed by atoms with Crippen LogP contribution < -0.4 is 20.1 Å². The fourth-order valence-corrected chi connectivity index (χ4v) is 2.13. The van der Waals surface area contributed by atoms with Gasteiger partial charge in [-0.3, -0.25) is 4.79 Å². The molecule has 0 bridgehead atoms. The predicted molar refractivity (Wildman–Crippen MR) is 84.5 cm³/mol. The van der Waals surface area contributed by atoms with E-state index in [4.69, 9.17) is 9.47 Å². The number of benzene rings is 1. The lowest BCUT2D eigenvalue weighted by Crippen LogP contribution is -2.24. The van der Waals surface area contributed by atoms with E-state index in [2.05, 4.69) is 27.5 Å². The van der Waals surface area contributed by atoms with Gasteiger partial charge in [-0.15, -0.1) is 0 Å². The van der Waals surface area contributed by atoms with Crippen molar-refractivity contribution in [1.29, 1.82) is 0 Å². The molecule has 0 saturated carbocycles. The Bertz CT molecular complexity index is 705. The molecule has 1 aromatic heterocycles. The first-order chi connectivity index (χ1) is 11.3. The summed E-state index contributed by atoms with van der Waals surface area (Å²) in [5, 5.41) is 5.90. The van der Waals surface area contributed by atoms with Crippen LogP contribution in [0.15, 0.2) is 30.5 Å². The Balaban J connectivity index is 1.61. The Kier molecular flexibility index (Phi) is 4.56. The summed E-state index contributed by atoms with van der Waals surface area (Å²) >= 11 is 0. The molecular weight excluding hydrogens is 296 g/mol. The zero-order valence-electron chi connectivity index (χ0n) is 12.8. The number of nitrogens with zero attached hydrogens (tertiary/aromatic N) is 2. The second-order valence-electron chi connectivity index (χ2n) is 5.06. The number of ether oxygens (including phenoxy) is 2. The van der Waals surface area contributed by atoms with Crippen molar-refractivity contribution in [2.24, 2.45) is 0 Å². The van der Waals surface area contributed by atoms with Crippen molar-refractivity contribution >= 4 is 11.9 Å². The number of rotatable bonds is 6. The lowest BCUT2D eigenvalue weighted by Gasteiger charge is -2.07. The number of hydrogen-bond acceptors (Lipinski definition) is 6. The summed E-state index contributed by atoms with van der Waals surface area (Å²) in [6.45, 7) is 3.44. The van der Waals surface area contributed by atoms with E-state index < -0.39 is 0 Å². The summed E-state index contributed by atoms with van der Waals surface area (Å²) in [5.41, 5.74) is 1.26. The summed E-state index contributed by atoms with van der Waals surface area (Å²) < 4.78 is 10.6. The molecule has 0 saturated heterocycles. The summed E-state index contributed by atoms with van der Waals surface area (Å²) in [7, 11) is 0. The van der Waals surface area contributed by atoms with Gasteiger partial charge in [-0.25, -0.2) is 9.97 Å². The molecule has 2 heterocycles. The first-order valence-corrected chi connectivity index (χ1v) is 7.50. The Morgan fingerprint density at radius 3 is 3.00 bits per heavy atom. The number of carbonyl (C=O) groups is 1. The second-order valence-corrected chi connectivity index (χ2v) is 5.06. The van der Waals surface area contributed by atoms with Crippen LogP contribution in [0.25, 0.3) is 0 Å². The highest BCUT2D eigenvalue weighted by atomic mass is 16.7. The molecule has 7 nitrogen and oxygen atoms in total. The molecule has 3 rings (SSSR count). The number of hydrogen-bond donors (Lipinski definition) is 2. The van der Waals surface area contributed by atoms with Crippen molar-refractivity contribution in [3.63, 3.8) is 0 Å². The molecule has 23 heavy (non-hydrogen) atoms. The van der Waals surface area contributed by atoms with Crippen molar-refractivity contribution in [1.82, 2.24) is 15.3 Å². The minimum atomic E-state index is -0.246. The van der Waals surface area contributed by atoms with Crippen LogP contribution in [-0.2, 0) is 6.54 Å². The van der Waals surface area contributed by atoms with Crippen LogP contribution in [0.1, 0.15) is 29.4 Å². The van der Waals surface area contributed by atoms with E-state index >= 15 is 0 Å². The predicted octanol–water partition coefficient (Wildman–Crippen LogP) is 1.96. The Morgan fingerprint density at radius 1 is 1.26 bits per heavy atom. The average Bonchev–Trinajstić information content (AvgIpc) is 3.05. The largest absolute Gasteiger partial charge is 0.454 e. The van der Waals surface area contributed by atoms with Crippen LogP contribution in [0.3, 0.4) is 0 Å². The standard InChI is InChI=1S/C16H18N4O3/c1-2-6-17-16-18-7-5-12(20-16)15(21)19-9-11-3-4-13-14(8-11)23-10-22-13/h3-5,7-8H,2,6,9-10H2,1H3,(H,19,21)(H,17,18,20). The van der Waals surface area contributed by atoms with Gasteiger partial charge < -0.3 is 20.1 Å². The highest BCUT2D eigenvalue weighted by molar-refractivity contribution is 5.92. The topological polar surface area (TPSA) is 85.4 Å². The van der Waals surface area contributed by atoms with Crippen LogP contribution in [-0.4, -0.2) is 29.2 Å². The van der Waals surface area contributed by atoms with Gasteiger partial charge in [0.15, 0.2) is 11.5 Å². The molecule has 0 aliphatic carbocycles. The smallest absolute Gasteiger partial charge is 0.270 e. The first-order valence-electron chi connectivity index (χ1n) is 7.50. The second kappa shape index (κ2) is 6.95. The fraction of sp³-hybridized carbons (Fsp3) is 0.312. The van der Waals surface area contributed by atoms with Crippen LogP contribution >= 0.6 is 0 Å². The molecule has 1 aliphatic heterocycles. The summed E-state index contributed by atoms with van der Waals surface area (Å²) in [4.78, 5) is 20.5. The number of carbonyl (C=O) groups excluding carboxylic acids is 1. The quantitative estimate of drug-likeness (QED) is 0.848. The van der Waals surface area contributed by atoms with Gasteiger partial charge in [0.25, 0.3) is 5.91 Å². The van der Waals surface area contributed by atoms with Gasteiger partial charge in [-0.1, -0.05) is 13.0 Å². The Hall–Kier alpha value is -2.83. The number of fused-ring (bicyclic) bond motifs is 1. The molecule has 0 atom stereocenters. The van der Waals surface area contributed by atoms with Gasteiger partial charge in [0.2, 0.25) is 12.7 Å². The molecule has 0 radical (unpaired) electrons. The first kappa shape index (κ1) is 15.1. The molecule has 1 aliphatic rings. The molecule has 2 N–H and O–H groups in total. The third kappa shape index (κ3) is 3.68. The third-order valence-corrected chi connectivity index (χ3v) is 3.31. The van der Waals surface area contributed by atoms with Gasteiger partial charge in [0, 0.05) is 19.3 Å². The van der Waals surface area contributed by atoms with E-state index in [9.17, 15) is 4.79 Å². The van der Waals surface area contributed by atoms with Crippen LogP contribution in [0.5, 0.6) is 11.5 Å². The molecule has 0 spiro atoms. The normalized spacial score (nSPS) is 12.0. The summed E-state index contributed by atoms with van der Waals surface area (Å²) in [5.74, 6) is 1.64.